The average molecular weight is 342 g/mol. The van der Waals surface area contributed by atoms with Crippen molar-refractivity contribution in [3.63, 3.8) is 0 Å². The highest BCUT2D eigenvalue weighted by Crippen LogP contribution is 2.18. The Bertz CT molecular complexity index is 592. The Morgan fingerprint density at radius 3 is 3.00 bits per heavy atom. The number of anilines is 1. The summed E-state index contributed by atoms with van der Waals surface area (Å²) in [4.78, 5) is 4.22. The first-order valence-electron chi connectivity index (χ1n) is 7.92. The lowest BCUT2D eigenvalue weighted by molar-refractivity contribution is 0.118. The molecule has 0 amide bonds. The molecule has 1 unspecified atom stereocenters. The van der Waals surface area contributed by atoms with Gasteiger partial charge >= 0.3 is 0 Å². The second kappa shape index (κ2) is 8.58. The molecule has 1 saturated heterocycles. The topological polar surface area (TPSA) is 83.6 Å². The summed E-state index contributed by atoms with van der Waals surface area (Å²) in [5.74, 6) is 1.06. The van der Waals surface area contributed by atoms with Crippen molar-refractivity contribution in [2.24, 2.45) is 5.92 Å². The van der Waals surface area contributed by atoms with E-state index < -0.39 is 10.2 Å². The molecule has 1 aromatic heterocycles. The molecule has 0 spiro atoms. The number of piperidine rings is 1. The normalized spacial score (nSPS) is 19.7. The van der Waals surface area contributed by atoms with Gasteiger partial charge in [-0.2, -0.15) is 12.7 Å². The summed E-state index contributed by atoms with van der Waals surface area (Å²) in [5, 5.41) is 3.14. The first kappa shape index (κ1) is 18.1. The number of aryl methyl sites for hydroxylation is 1. The van der Waals surface area contributed by atoms with E-state index in [9.17, 15) is 8.42 Å². The molecule has 8 heteroatoms. The summed E-state index contributed by atoms with van der Waals surface area (Å²) in [7, 11) is -1.78. The van der Waals surface area contributed by atoms with E-state index in [2.05, 4.69) is 15.0 Å². The zero-order valence-electron chi connectivity index (χ0n) is 13.8. The number of nitrogens with zero attached hydrogens (tertiary/aromatic N) is 2. The number of rotatable bonds is 8. The summed E-state index contributed by atoms with van der Waals surface area (Å²) < 4.78 is 34.0. The van der Waals surface area contributed by atoms with Crippen LogP contribution in [0.2, 0.25) is 0 Å². The van der Waals surface area contributed by atoms with Gasteiger partial charge in [-0.05, 0) is 37.3 Å². The van der Waals surface area contributed by atoms with E-state index in [4.69, 9.17) is 4.74 Å². The SMILES string of the molecule is COCC1CCCN(S(=O)(=O)NCCNc2ncccc2C)C1. The van der Waals surface area contributed by atoms with E-state index in [1.807, 2.05) is 19.1 Å². The summed E-state index contributed by atoms with van der Waals surface area (Å²) >= 11 is 0. The maximum absolute atomic E-state index is 12.3. The van der Waals surface area contributed by atoms with E-state index in [0.29, 0.717) is 32.8 Å². The monoisotopic (exact) mass is 342 g/mol. The minimum Gasteiger partial charge on any atom is -0.384 e. The fraction of sp³-hybridized carbons (Fsp3) is 0.667. The Kier molecular flexibility index (Phi) is 6.76. The maximum atomic E-state index is 12.3. The zero-order valence-corrected chi connectivity index (χ0v) is 14.6. The predicted molar refractivity (Wildman–Crippen MR) is 90.6 cm³/mol. The third-order valence-electron chi connectivity index (χ3n) is 3.94. The van der Waals surface area contributed by atoms with Crippen molar-refractivity contribution in [1.82, 2.24) is 14.0 Å². The zero-order chi connectivity index (χ0) is 16.7. The van der Waals surface area contributed by atoms with Crippen molar-refractivity contribution in [1.29, 1.82) is 0 Å². The highest BCUT2D eigenvalue weighted by molar-refractivity contribution is 7.87. The summed E-state index contributed by atoms with van der Waals surface area (Å²) in [6.45, 7) is 4.48. The van der Waals surface area contributed by atoms with Gasteiger partial charge in [-0.3, -0.25) is 0 Å². The molecule has 1 aromatic rings. The van der Waals surface area contributed by atoms with E-state index >= 15 is 0 Å². The van der Waals surface area contributed by atoms with Gasteiger partial charge in [-0.15, -0.1) is 0 Å². The predicted octanol–water partition coefficient (Wildman–Crippen LogP) is 0.995. The fourth-order valence-corrected chi connectivity index (χ4v) is 4.06. The van der Waals surface area contributed by atoms with Crippen LogP contribution in [0.15, 0.2) is 18.3 Å². The lowest BCUT2D eigenvalue weighted by Gasteiger charge is -2.31. The molecule has 1 fully saturated rings. The number of hydrogen-bond acceptors (Lipinski definition) is 5. The molecule has 0 aliphatic carbocycles. The highest BCUT2D eigenvalue weighted by Gasteiger charge is 2.28. The second-order valence-electron chi connectivity index (χ2n) is 5.82. The molecule has 0 saturated carbocycles. The minimum atomic E-state index is -3.43. The van der Waals surface area contributed by atoms with Gasteiger partial charge in [-0.25, -0.2) is 9.71 Å². The molecule has 0 radical (unpaired) electrons. The Hall–Kier alpha value is -1.22. The second-order valence-corrected chi connectivity index (χ2v) is 7.57. The molecule has 2 heterocycles. The van der Waals surface area contributed by atoms with Crippen LogP contribution in [0.5, 0.6) is 0 Å². The van der Waals surface area contributed by atoms with Crippen molar-refractivity contribution >= 4 is 16.0 Å². The van der Waals surface area contributed by atoms with Gasteiger partial charge < -0.3 is 10.1 Å². The van der Waals surface area contributed by atoms with Gasteiger partial charge in [-0.1, -0.05) is 6.07 Å². The smallest absolute Gasteiger partial charge is 0.279 e. The van der Waals surface area contributed by atoms with Gasteiger partial charge in [0.2, 0.25) is 0 Å². The third kappa shape index (κ3) is 5.42. The van der Waals surface area contributed by atoms with Crippen molar-refractivity contribution in [2.45, 2.75) is 19.8 Å². The van der Waals surface area contributed by atoms with Crippen LogP contribution in [-0.2, 0) is 14.9 Å². The van der Waals surface area contributed by atoms with Crippen LogP contribution in [0.1, 0.15) is 18.4 Å². The van der Waals surface area contributed by atoms with Crippen LogP contribution in [0.4, 0.5) is 5.82 Å². The van der Waals surface area contributed by atoms with Crippen LogP contribution in [-0.4, -0.2) is 57.6 Å². The number of ether oxygens (including phenoxy) is 1. The molecule has 1 aliphatic heterocycles. The molecule has 1 atom stereocenters. The Morgan fingerprint density at radius 1 is 1.43 bits per heavy atom. The molecular weight excluding hydrogens is 316 g/mol. The third-order valence-corrected chi connectivity index (χ3v) is 5.52. The fourth-order valence-electron chi connectivity index (χ4n) is 2.74. The van der Waals surface area contributed by atoms with Gasteiger partial charge in [0.05, 0.1) is 6.61 Å². The summed E-state index contributed by atoms with van der Waals surface area (Å²) in [6.07, 6.45) is 3.60. The number of hydrogen-bond donors (Lipinski definition) is 2. The molecule has 23 heavy (non-hydrogen) atoms. The van der Waals surface area contributed by atoms with Crippen LogP contribution in [0.25, 0.3) is 0 Å². The Morgan fingerprint density at radius 2 is 2.26 bits per heavy atom. The molecule has 7 nitrogen and oxygen atoms in total. The molecule has 1 aliphatic rings. The molecule has 0 aromatic carbocycles. The van der Waals surface area contributed by atoms with Crippen molar-refractivity contribution in [2.75, 3.05) is 45.2 Å². The lowest BCUT2D eigenvalue weighted by atomic mass is 10.0. The van der Waals surface area contributed by atoms with E-state index in [1.54, 1.807) is 13.3 Å². The lowest BCUT2D eigenvalue weighted by Crippen LogP contribution is -2.47. The minimum absolute atomic E-state index is 0.277. The van der Waals surface area contributed by atoms with E-state index in [-0.39, 0.29) is 5.92 Å². The Balaban J connectivity index is 1.78. The number of nitrogens with one attached hydrogen (secondary N) is 2. The Labute approximate surface area is 138 Å². The quantitative estimate of drug-likeness (QED) is 0.689. The van der Waals surface area contributed by atoms with Crippen molar-refractivity contribution in [3.05, 3.63) is 23.9 Å². The number of aromatic nitrogens is 1. The average Bonchev–Trinajstić information content (AvgIpc) is 2.54. The number of methoxy groups -OCH3 is 1. The molecule has 0 bridgehead atoms. The first-order valence-corrected chi connectivity index (χ1v) is 9.36. The van der Waals surface area contributed by atoms with Gasteiger partial charge in [0.15, 0.2) is 0 Å². The van der Waals surface area contributed by atoms with Gasteiger partial charge in [0.25, 0.3) is 10.2 Å². The van der Waals surface area contributed by atoms with Crippen LogP contribution in [0.3, 0.4) is 0 Å². The molecule has 2 N–H and O–H groups in total. The largest absolute Gasteiger partial charge is 0.384 e. The molecular formula is C15H26N4O3S. The van der Waals surface area contributed by atoms with Crippen LogP contribution in [0, 0.1) is 12.8 Å². The van der Waals surface area contributed by atoms with Crippen LogP contribution < -0.4 is 10.0 Å². The molecule has 2 rings (SSSR count). The first-order chi connectivity index (χ1) is 11.0. The van der Waals surface area contributed by atoms with Crippen molar-refractivity contribution < 1.29 is 13.2 Å². The maximum Gasteiger partial charge on any atom is 0.279 e. The van der Waals surface area contributed by atoms with Crippen LogP contribution >= 0.6 is 0 Å². The van der Waals surface area contributed by atoms with Gasteiger partial charge in [0, 0.05) is 39.5 Å². The summed E-state index contributed by atoms with van der Waals surface area (Å²) in [6, 6.07) is 3.83. The van der Waals surface area contributed by atoms with E-state index in [1.165, 1.54) is 4.31 Å². The standard InChI is InChI=1S/C15H26N4O3S/c1-13-5-3-7-16-15(13)17-8-9-18-23(20,21)19-10-4-6-14(11-19)12-22-2/h3,5,7,14,18H,4,6,8-12H2,1-2H3,(H,16,17). The van der Waals surface area contributed by atoms with Crippen molar-refractivity contribution in [3.8, 4) is 0 Å². The summed E-state index contributed by atoms with van der Waals surface area (Å²) in [5.41, 5.74) is 1.04. The van der Waals surface area contributed by atoms with Gasteiger partial charge in [0.1, 0.15) is 5.82 Å². The molecule has 130 valence electrons. The highest BCUT2D eigenvalue weighted by atomic mass is 32.2. The number of pyridine rings is 1. The van der Waals surface area contributed by atoms with E-state index in [0.717, 1.165) is 24.2 Å².